The molecule has 4 heteroatoms. The van der Waals surface area contributed by atoms with Gasteiger partial charge in [0.1, 0.15) is 12.1 Å². The van der Waals surface area contributed by atoms with Gasteiger partial charge >= 0.3 is 0 Å². The molecule has 2 N–H and O–H groups in total. The fourth-order valence-corrected chi connectivity index (χ4v) is 1.51. The predicted octanol–water partition coefficient (Wildman–Crippen LogP) is 2.05. The van der Waals surface area contributed by atoms with Crippen LogP contribution >= 0.6 is 0 Å². The maximum absolute atomic E-state index is 4.24. The molecule has 76 valence electrons. The number of anilines is 1. The number of hydrogen-bond acceptors (Lipinski definition) is 3. The van der Waals surface area contributed by atoms with Gasteiger partial charge in [-0.15, -0.1) is 0 Å². The Bertz CT molecular complexity index is 445. The van der Waals surface area contributed by atoms with Crippen LogP contribution in [0.25, 0.3) is 11.3 Å². The van der Waals surface area contributed by atoms with Crippen molar-refractivity contribution in [2.75, 3.05) is 5.32 Å². The van der Waals surface area contributed by atoms with E-state index in [-0.39, 0.29) is 0 Å². The van der Waals surface area contributed by atoms with Crippen LogP contribution in [0, 0.1) is 0 Å². The van der Waals surface area contributed by atoms with Gasteiger partial charge in [-0.05, 0) is 18.9 Å². The van der Waals surface area contributed by atoms with Gasteiger partial charge in [-0.3, -0.25) is 0 Å². The lowest BCUT2D eigenvalue weighted by Crippen LogP contribution is -2.03. The Labute approximate surface area is 87.8 Å². The molecule has 1 aliphatic carbocycles. The molecule has 0 bridgehead atoms. The minimum atomic E-state index is 0.624. The summed E-state index contributed by atoms with van der Waals surface area (Å²) in [7, 11) is 0. The largest absolute Gasteiger partial charge is 0.367 e. The maximum atomic E-state index is 4.24. The molecule has 0 radical (unpaired) electrons. The molecule has 3 rings (SSSR count). The minimum absolute atomic E-state index is 0.624. The first kappa shape index (κ1) is 8.47. The highest BCUT2D eigenvalue weighted by Gasteiger charge is 2.21. The van der Waals surface area contributed by atoms with Crippen molar-refractivity contribution in [2.24, 2.45) is 0 Å². The van der Waals surface area contributed by atoms with E-state index in [1.807, 2.05) is 24.5 Å². The van der Waals surface area contributed by atoms with E-state index in [1.165, 1.54) is 12.8 Å². The molecule has 2 heterocycles. The molecule has 1 fully saturated rings. The molecule has 2 aromatic rings. The lowest BCUT2D eigenvalue weighted by atomic mass is 10.2. The average Bonchev–Trinajstić information content (AvgIpc) is 2.91. The number of nitrogens with zero attached hydrogens (tertiary/aromatic N) is 2. The lowest BCUT2D eigenvalue weighted by molar-refractivity contribution is 1.08. The molecule has 0 unspecified atom stereocenters. The smallest absolute Gasteiger partial charge is 0.130 e. The number of aromatic nitrogens is 3. The fraction of sp³-hybridized carbons (Fsp3) is 0.273. The quantitative estimate of drug-likeness (QED) is 0.797. The molecule has 0 aromatic carbocycles. The Hall–Kier alpha value is -1.84. The number of aromatic amines is 1. The molecule has 15 heavy (non-hydrogen) atoms. The van der Waals surface area contributed by atoms with E-state index in [4.69, 9.17) is 0 Å². The van der Waals surface area contributed by atoms with Crippen molar-refractivity contribution in [3.63, 3.8) is 0 Å². The topological polar surface area (TPSA) is 53.6 Å². The summed E-state index contributed by atoms with van der Waals surface area (Å²) in [5.74, 6) is 0.920. The first-order valence-electron chi connectivity index (χ1n) is 5.13. The molecule has 0 atom stereocenters. The Balaban J connectivity index is 1.88. The lowest BCUT2D eigenvalue weighted by Gasteiger charge is -2.03. The SMILES string of the molecule is c1nc(NC2CC2)cc(-c2cc[nH]c2)n1. The van der Waals surface area contributed by atoms with Gasteiger partial charge in [0, 0.05) is 30.1 Å². The average molecular weight is 200 g/mol. The Morgan fingerprint density at radius 3 is 3.00 bits per heavy atom. The van der Waals surface area contributed by atoms with Crippen LogP contribution in [0.1, 0.15) is 12.8 Å². The van der Waals surface area contributed by atoms with E-state index in [0.29, 0.717) is 6.04 Å². The van der Waals surface area contributed by atoms with Crippen molar-refractivity contribution in [1.29, 1.82) is 0 Å². The van der Waals surface area contributed by atoms with Gasteiger partial charge in [0.2, 0.25) is 0 Å². The normalized spacial score (nSPS) is 15.2. The van der Waals surface area contributed by atoms with Gasteiger partial charge in [0.05, 0.1) is 5.69 Å². The molecule has 0 spiro atoms. The molecular formula is C11H12N4. The van der Waals surface area contributed by atoms with Crippen molar-refractivity contribution in [2.45, 2.75) is 18.9 Å². The summed E-state index contributed by atoms with van der Waals surface area (Å²) in [6.45, 7) is 0. The van der Waals surface area contributed by atoms with E-state index in [0.717, 1.165) is 17.1 Å². The number of nitrogens with one attached hydrogen (secondary N) is 2. The van der Waals surface area contributed by atoms with Crippen LogP contribution in [0.2, 0.25) is 0 Å². The molecule has 2 aromatic heterocycles. The molecular weight excluding hydrogens is 188 g/mol. The highest BCUT2D eigenvalue weighted by atomic mass is 15.1. The predicted molar refractivity (Wildman–Crippen MR) is 58.5 cm³/mol. The second kappa shape index (κ2) is 3.38. The zero-order valence-electron chi connectivity index (χ0n) is 8.27. The Morgan fingerprint density at radius 1 is 1.33 bits per heavy atom. The minimum Gasteiger partial charge on any atom is -0.367 e. The van der Waals surface area contributed by atoms with Gasteiger partial charge in [-0.2, -0.15) is 0 Å². The van der Waals surface area contributed by atoms with Crippen LogP contribution in [0.4, 0.5) is 5.82 Å². The van der Waals surface area contributed by atoms with Crippen LogP contribution in [0.5, 0.6) is 0 Å². The van der Waals surface area contributed by atoms with E-state index >= 15 is 0 Å². The Kier molecular flexibility index (Phi) is 1.91. The summed E-state index contributed by atoms with van der Waals surface area (Å²) >= 11 is 0. The van der Waals surface area contributed by atoms with E-state index in [9.17, 15) is 0 Å². The summed E-state index contributed by atoms with van der Waals surface area (Å²) in [6, 6.07) is 4.61. The van der Waals surface area contributed by atoms with Crippen molar-refractivity contribution >= 4 is 5.82 Å². The highest BCUT2D eigenvalue weighted by Crippen LogP contribution is 2.25. The van der Waals surface area contributed by atoms with Crippen molar-refractivity contribution in [3.05, 3.63) is 30.9 Å². The number of hydrogen-bond donors (Lipinski definition) is 2. The first-order chi connectivity index (χ1) is 7.42. The third kappa shape index (κ3) is 1.83. The van der Waals surface area contributed by atoms with E-state index in [1.54, 1.807) is 6.33 Å². The summed E-state index contributed by atoms with van der Waals surface area (Å²) in [6.07, 6.45) is 7.94. The fourth-order valence-electron chi connectivity index (χ4n) is 1.51. The molecule has 0 saturated heterocycles. The number of H-pyrrole nitrogens is 1. The van der Waals surface area contributed by atoms with Crippen molar-refractivity contribution in [1.82, 2.24) is 15.0 Å². The van der Waals surface area contributed by atoms with Gasteiger partial charge < -0.3 is 10.3 Å². The van der Waals surface area contributed by atoms with Crippen LogP contribution in [-0.4, -0.2) is 21.0 Å². The monoisotopic (exact) mass is 200 g/mol. The van der Waals surface area contributed by atoms with Crippen LogP contribution in [-0.2, 0) is 0 Å². The highest BCUT2D eigenvalue weighted by molar-refractivity contribution is 5.61. The maximum Gasteiger partial charge on any atom is 0.130 e. The second-order valence-electron chi connectivity index (χ2n) is 3.81. The summed E-state index contributed by atoms with van der Waals surface area (Å²) < 4.78 is 0. The van der Waals surface area contributed by atoms with E-state index < -0.39 is 0 Å². The molecule has 0 aliphatic heterocycles. The third-order valence-electron chi connectivity index (χ3n) is 2.49. The van der Waals surface area contributed by atoms with E-state index in [2.05, 4.69) is 20.3 Å². The molecule has 1 saturated carbocycles. The molecule has 1 aliphatic rings. The third-order valence-corrected chi connectivity index (χ3v) is 2.49. The zero-order valence-corrected chi connectivity index (χ0v) is 8.27. The van der Waals surface area contributed by atoms with Gasteiger partial charge in [0.25, 0.3) is 0 Å². The number of rotatable bonds is 3. The summed E-state index contributed by atoms with van der Waals surface area (Å²) in [5, 5.41) is 3.36. The second-order valence-corrected chi connectivity index (χ2v) is 3.81. The molecule has 0 amide bonds. The van der Waals surface area contributed by atoms with Crippen molar-refractivity contribution < 1.29 is 0 Å². The Morgan fingerprint density at radius 2 is 2.27 bits per heavy atom. The summed E-state index contributed by atoms with van der Waals surface area (Å²) in [5.41, 5.74) is 2.05. The van der Waals surface area contributed by atoms with Crippen LogP contribution in [0.3, 0.4) is 0 Å². The van der Waals surface area contributed by atoms with Gasteiger partial charge in [-0.25, -0.2) is 9.97 Å². The van der Waals surface area contributed by atoms with Crippen LogP contribution in [0.15, 0.2) is 30.9 Å². The molecule has 4 nitrogen and oxygen atoms in total. The van der Waals surface area contributed by atoms with Gasteiger partial charge in [0.15, 0.2) is 0 Å². The van der Waals surface area contributed by atoms with Crippen LogP contribution < -0.4 is 5.32 Å². The zero-order chi connectivity index (χ0) is 10.1. The first-order valence-corrected chi connectivity index (χ1v) is 5.13. The van der Waals surface area contributed by atoms with Crippen molar-refractivity contribution in [3.8, 4) is 11.3 Å². The standard InChI is InChI=1S/C11H12N4/c1-2-9(1)15-11-5-10(13-7-14-11)8-3-4-12-6-8/h3-7,9,12H,1-2H2,(H,13,14,15). The summed E-state index contributed by atoms with van der Waals surface area (Å²) in [4.78, 5) is 11.5. The van der Waals surface area contributed by atoms with Gasteiger partial charge in [-0.1, -0.05) is 0 Å².